The molecule has 0 aliphatic rings. The van der Waals surface area contributed by atoms with Crippen molar-refractivity contribution in [2.24, 2.45) is 11.8 Å². The standard InChI is InChI=1S/C14H18F2O4/c1-8(2)11(13(18)19-3)12(17)9-6-4-5-7-10(9)20-14(15)16/h4-8,11-12,14,17H,1-3H3. The van der Waals surface area contributed by atoms with Crippen molar-refractivity contribution in [3.63, 3.8) is 0 Å². The Morgan fingerprint density at radius 2 is 1.85 bits per heavy atom. The fourth-order valence-electron chi connectivity index (χ4n) is 2.02. The zero-order valence-electron chi connectivity index (χ0n) is 11.5. The molecule has 4 nitrogen and oxygen atoms in total. The molecule has 1 rings (SSSR count). The highest BCUT2D eigenvalue weighted by Crippen LogP contribution is 2.34. The number of methoxy groups -OCH3 is 1. The summed E-state index contributed by atoms with van der Waals surface area (Å²) in [5, 5.41) is 10.3. The number of hydrogen-bond acceptors (Lipinski definition) is 4. The smallest absolute Gasteiger partial charge is 0.387 e. The maximum atomic E-state index is 12.4. The zero-order valence-corrected chi connectivity index (χ0v) is 11.5. The average molecular weight is 288 g/mol. The molecular weight excluding hydrogens is 270 g/mol. The van der Waals surface area contributed by atoms with Crippen LogP contribution < -0.4 is 4.74 Å². The number of ether oxygens (including phenoxy) is 2. The number of rotatable bonds is 6. The summed E-state index contributed by atoms with van der Waals surface area (Å²) in [7, 11) is 1.21. The largest absolute Gasteiger partial charge is 0.469 e. The summed E-state index contributed by atoms with van der Waals surface area (Å²) in [6.45, 7) is 0.474. The lowest BCUT2D eigenvalue weighted by Crippen LogP contribution is -2.28. The highest BCUT2D eigenvalue weighted by Gasteiger charge is 2.33. The normalized spacial score (nSPS) is 14.2. The van der Waals surface area contributed by atoms with Gasteiger partial charge in [-0.25, -0.2) is 0 Å². The van der Waals surface area contributed by atoms with Gasteiger partial charge in [0.05, 0.1) is 19.1 Å². The van der Waals surface area contributed by atoms with E-state index in [0.717, 1.165) is 0 Å². The number of alkyl halides is 2. The van der Waals surface area contributed by atoms with Gasteiger partial charge in [-0.15, -0.1) is 0 Å². The van der Waals surface area contributed by atoms with E-state index in [1.807, 2.05) is 0 Å². The molecule has 2 unspecified atom stereocenters. The summed E-state index contributed by atoms with van der Waals surface area (Å²) in [5.41, 5.74) is 0.136. The number of carbonyl (C=O) groups excluding carboxylic acids is 1. The van der Waals surface area contributed by atoms with Gasteiger partial charge in [0.15, 0.2) is 0 Å². The lowest BCUT2D eigenvalue weighted by Gasteiger charge is -2.25. The molecule has 1 aromatic carbocycles. The van der Waals surface area contributed by atoms with Crippen molar-refractivity contribution in [3.8, 4) is 5.75 Å². The first kappa shape index (κ1) is 16.4. The predicted molar refractivity (Wildman–Crippen MR) is 68.4 cm³/mol. The highest BCUT2D eigenvalue weighted by molar-refractivity contribution is 5.73. The van der Waals surface area contributed by atoms with E-state index in [1.54, 1.807) is 19.9 Å². The molecule has 0 aliphatic carbocycles. The van der Waals surface area contributed by atoms with Crippen molar-refractivity contribution >= 4 is 5.97 Å². The Hall–Kier alpha value is -1.69. The summed E-state index contributed by atoms with van der Waals surface area (Å²) in [6.07, 6.45) is -1.28. The van der Waals surface area contributed by atoms with E-state index in [9.17, 15) is 18.7 Å². The molecule has 0 heterocycles. The van der Waals surface area contributed by atoms with Gasteiger partial charge < -0.3 is 14.6 Å². The highest BCUT2D eigenvalue weighted by atomic mass is 19.3. The summed E-state index contributed by atoms with van der Waals surface area (Å²) in [4.78, 5) is 11.7. The minimum atomic E-state index is -3.00. The van der Waals surface area contributed by atoms with E-state index < -0.39 is 24.6 Å². The molecule has 0 amide bonds. The number of esters is 1. The van der Waals surface area contributed by atoms with Gasteiger partial charge in [0.25, 0.3) is 0 Å². The Morgan fingerprint density at radius 1 is 1.25 bits per heavy atom. The Morgan fingerprint density at radius 3 is 2.35 bits per heavy atom. The monoisotopic (exact) mass is 288 g/mol. The van der Waals surface area contributed by atoms with Gasteiger partial charge in [-0.05, 0) is 12.0 Å². The van der Waals surface area contributed by atoms with E-state index in [1.165, 1.54) is 25.3 Å². The third kappa shape index (κ3) is 3.90. The van der Waals surface area contributed by atoms with Crippen molar-refractivity contribution in [3.05, 3.63) is 29.8 Å². The molecule has 20 heavy (non-hydrogen) atoms. The second-order valence-electron chi connectivity index (χ2n) is 4.65. The van der Waals surface area contributed by atoms with Gasteiger partial charge in [0.2, 0.25) is 0 Å². The van der Waals surface area contributed by atoms with Gasteiger partial charge in [0, 0.05) is 5.56 Å². The van der Waals surface area contributed by atoms with E-state index in [2.05, 4.69) is 9.47 Å². The molecule has 0 aliphatic heterocycles. The van der Waals surface area contributed by atoms with Crippen LogP contribution in [0.3, 0.4) is 0 Å². The summed E-state index contributed by atoms with van der Waals surface area (Å²) < 4.78 is 33.7. The third-order valence-corrected chi connectivity index (χ3v) is 2.99. The predicted octanol–water partition coefficient (Wildman–Crippen LogP) is 2.77. The fourth-order valence-corrected chi connectivity index (χ4v) is 2.02. The zero-order chi connectivity index (χ0) is 15.3. The van der Waals surface area contributed by atoms with E-state index >= 15 is 0 Å². The van der Waals surface area contributed by atoms with Crippen LogP contribution >= 0.6 is 0 Å². The topological polar surface area (TPSA) is 55.8 Å². The van der Waals surface area contributed by atoms with E-state index in [-0.39, 0.29) is 17.2 Å². The summed E-state index contributed by atoms with van der Waals surface area (Å²) in [6, 6.07) is 5.85. The van der Waals surface area contributed by atoms with Crippen LogP contribution in [0.25, 0.3) is 0 Å². The Balaban J connectivity index is 3.11. The van der Waals surface area contributed by atoms with E-state index in [0.29, 0.717) is 0 Å². The van der Waals surface area contributed by atoms with Gasteiger partial charge in [-0.1, -0.05) is 32.0 Å². The minimum Gasteiger partial charge on any atom is -0.469 e. The lowest BCUT2D eigenvalue weighted by molar-refractivity contribution is -0.152. The number of aliphatic hydroxyl groups excluding tert-OH is 1. The van der Waals surface area contributed by atoms with Gasteiger partial charge >= 0.3 is 12.6 Å². The van der Waals surface area contributed by atoms with Gasteiger partial charge in [-0.2, -0.15) is 8.78 Å². The van der Waals surface area contributed by atoms with Crippen LogP contribution in [0.15, 0.2) is 24.3 Å². The molecule has 0 aromatic heterocycles. The van der Waals surface area contributed by atoms with E-state index in [4.69, 9.17) is 0 Å². The van der Waals surface area contributed by atoms with Crippen LogP contribution in [0.4, 0.5) is 8.78 Å². The van der Waals surface area contributed by atoms with Crippen molar-refractivity contribution in [2.75, 3.05) is 7.11 Å². The summed E-state index contributed by atoms with van der Waals surface area (Å²) >= 11 is 0. The maximum Gasteiger partial charge on any atom is 0.387 e. The van der Waals surface area contributed by atoms with Crippen LogP contribution in [0, 0.1) is 11.8 Å². The maximum absolute atomic E-state index is 12.4. The van der Waals surface area contributed by atoms with Crippen molar-refractivity contribution in [2.45, 2.75) is 26.6 Å². The number of para-hydroxylation sites is 1. The fraction of sp³-hybridized carbons (Fsp3) is 0.500. The molecule has 2 atom stereocenters. The first-order valence-electron chi connectivity index (χ1n) is 6.18. The molecule has 0 radical (unpaired) electrons. The van der Waals surface area contributed by atoms with Gasteiger partial charge in [0.1, 0.15) is 5.75 Å². The van der Waals surface area contributed by atoms with Crippen LogP contribution in [-0.2, 0) is 9.53 Å². The molecule has 0 bridgehead atoms. The molecule has 1 N–H and O–H groups in total. The van der Waals surface area contributed by atoms with Gasteiger partial charge in [-0.3, -0.25) is 4.79 Å². The molecule has 0 saturated carbocycles. The molecule has 1 aromatic rings. The second-order valence-corrected chi connectivity index (χ2v) is 4.65. The Kier molecular flexibility index (Phi) is 5.88. The quantitative estimate of drug-likeness (QED) is 0.818. The van der Waals surface area contributed by atoms with Crippen molar-refractivity contribution < 1.29 is 28.2 Å². The molecular formula is C14H18F2O4. The Bertz CT molecular complexity index is 449. The van der Waals surface area contributed by atoms with Crippen molar-refractivity contribution in [1.29, 1.82) is 0 Å². The molecule has 0 fully saturated rings. The number of halogens is 2. The molecule has 6 heteroatoms. The Labute approximate surface area is 116 Å². The number of aliphatic hydroxyl groups is 1. The molecule has 0 saturated heterocycles. The lowest BCUT2D eigenvalue weighted by atomic mass is 9.86. The number of benzene rings is 1. The SMILES string of the molecule is COC(=O)C(C(C)C)C(O)c1ccccc1OC(F)F. The van der Waals surface area contributed by atoms with Crippen LogP contribution in [0.2, 0.25) is 0 Å². The third-order valence-electron chi connectivity index (χ3n) is 2.99. The number of carbonyl (C=O) groups is 1. The molecule has 112 valence electrons. The number of hydrogen-bond donors (Lipinski definition) is 1. The minimum absolute atomic E-state index is 0.136. The van der Waals surface area contributed by atoms with Crippen molar-refractivity contribution in [1.82, 2.24) is 0 Å². The van der Waals surface area contributed by atoms with Crippen LogP contribution in [0.1, 0.15) is 25.5 Å². The second kappa shape index (κ2) is 7.19. The van der Waals surface area contributed by atoms with Crippen LogP contribution in [-0.4, -0.2) is 24.8 Å². The first-order chi connectivity index (χ1) is 9.38. The average Bonchev–Trinajstić information content (AvgIpc) is 2.38. The summed E-state index contributed by atoms with van der Waals surface area (Å²) in [5.74, 6) is -1.83. The first-order valence-corrected chi connectivity index (χ1v) is 6.18. The van der Waals surface area contributed by atoms with Crippen LogP contribution in [0.5, 0.6) is 5.75 Å². The molecule has 0 spiro atoms.